The largest absolute Gasteiger partial charge is 0.465 e. The quantitative estimate of drug-likeness (QED) is 0.130. The Labute approximate surface area is 444 Å². The number of aromatic nitrogens is 2. The van der Waals surface area contributed by atoms with E-state index < -0.39 is 28.0 Å². The van der Waals surface area contributed by atoms with Crippen molar-refractivity contribution in [3.63, 3.8) is 0 Å². The van der Waals surface area contributed by atoms with Crippen LogP contribution in [0.5, 0.6) is 0 Å². The molecule has 18 heteroatoms. The van der Waals surface area contributed by atoms with Gasteiger partial charge in [0.15, 0.2) is 9.68 Å². The number of nitrogens with zero attached hydrogens (tertiary/aromatic N) is 7. The molecule has 7 heterocycles. The van der Waals surface area contributed by atoms with E-state index in [2.05, 4.69) is 77.6 Å². The molecule has 2 aromatic heterocycles. The van der Waals surface area contributed by atoms with Gasteiger partial charge in [-0.15, -0.1) is 0 Å². The van der Waals surface area contributed by atoms with E-state index in [1.165, 1.54) is 17.2 Å². The van der Waals surface area contributed by atoms with E-state index in [-0.39, 0.29) is 64.8 Å². The number of pyridine rings is 1. The molecule has 2 spiro atoms. The van der Waals surface area contributed by atoms with Gasteiger partial charge in [-0.05, 0) is 112 Å². The molecule has 2 N–H and O–H groups in total. The van der Waals surface area contributed by atoms with Gasteiger partial charge in [0.25, 0.3) is 0 Å². The lowest BCUT2D eigenvalue weighted by molar-refractivity contribution is -0.147. The van der Waals surface area contributed by atoms with Gasteiger partial charge in [-0.2, -0.15) is 0 Å². The summed E-state index contributed by atoms with van der Waals surface area (Å²) in [4.78, 5) is 82.5. The van der Waals surface area contributed by atoms with E-state index in [9.17, 15) is 19.2 Å². The number of cyclic esters (lactones) is 1. The number of carbonyl (C=O) groups is 5. The Morgan fingerprint density at radius 1 is 1.05 bits per heavy atom. The standard InChI is InChI=1S/C57H77N9O8Si/c1-10-47(67)64-34-57(74-36-64)22-27-63(28-23-57)54(71)61(8)49(37(3)4)51(68)59-41-20-21-56(30-41)33-62-25-13-15-40(32-62)39-18-19-45-43(29-39)44(50(65(45)11-2)42-16-12-24-58-48(42)38(5)72-9)31-55(6,7)35-73-52(69)46-17-14-26-66(53(56)70)60-75-46/h10,12,15-16,18-20,24,29,37-38,46,49,60H,1,11,13-14,17,21-23,25-28,30-36H2,2-9H3,(H,59,68)/t38-,46-,49-,56?/m0/s1. The highest BCUT2D eigenvalue weighted by Crippen LogP contribution is 2.44. The molecule has 1 aliphatic carbocycles. The summed E-state index contributed by atoms with van der Waals surface area (Å²) in [6.45, 7) is 20.8. The predicted molar refractivity (Wildman–Crippen MR) is 288 cm³/mol. The number of hydrogen-bond acceptors (Lipinski definition) is 11. The fourth-order valence-corrected chi connectivity index (χ4v) is 13.5. The van der Waals surface area contributed by atoms with Crippen molar-refractivity contribution in [1.29, 1.82) is 0 Å². The summed E-state index contributed by atoms with van der Waals surface area (Å²) >= 11 is 0. The molecule has 402 valence electrons. The minimum atomic E-state index is -0.923. The fraction of sp³-hybridized carbons (Fsp3) is 0.579. The van der Waals surface area contributed by atoms with Crippen molar-refractivity contribution >= 4 is 55.9 Å². The van der Waals surface area contributed by atoms with Crippen molar-refractivity contribution in [2.45, 2.75) is 123 Å². The Bertz CT molecular complexity index is 2760. The van der Waals surface area contributed by atoms with E-state index in [1.807, 2.05) is 39.1 Å². The number of likely N-dealkylation sites (tertiary alicyclic amines) is 1. The first-order valence-electron chi connectivity index (χ1n) is 27.0. The van der Waals surface area contributed by atoms with Gasteiger partial charge < -0.3 is 38.8 Å². The van der Waals surface area contributed by atoms with Crippen molar-refractivity contribution in [3.8, 4) is 11.3 Å². The number of hydrogen-bond donors (Lipinski definition) is 2. The van der Waals surface area contributed by atoms with Crippen LogP contribution in [0.25, 0.3) is 27.7 Å². The number of allylic oxidation sites excluding steroid dienone is 2. The number of hydrazine groups is 1. The molecule has 5 atom stereocenters. The van der Waals surface area contributed by atoms with Crippen LogP contribution in [0.3, 0.4) is 0 Å². The minimum absolute atomic E-state index is 0.0571. The van der Waals surface area contributed by atoms with Crippen molar-refractivity contribution in [2.75, 3.05) is 73.3 Å². The van der Waals surface area contributed by atoms with Crippen LogP contribution in [0, 0.1) is 16.7 Å². The van der Waals surface area contributed by atoms with Gasteiger partial charge in [0.05, 0.1) is 47.2 Å². The lowest BCUT2D eigenvalue weighted by atomic mass is 9.82. The number of piperidine rings is 1. The molecule has 5 aliphatic heterocycles. The van der Waals surface area contributed by atoms with Gasteiger partial charge in [0, 0.05) is 100 Å². The molecule has 5 amide bonds. The highest BCUT2D eigenvalue weighted by molar-refractivity contribution is 6.41. The summed E-state index contributed by atoms with van der Waals surface area (Å²) < 4.78 is 20.6. The van der Waals surface area contributed by atoms with Crippen LogP contribution in [-0.2, 0) is 46.4 Å². The third-order valence-electron chi connectivity index (χ3n) is 16.5. The van der Waals surface area contributed by atoms with Crippen molar-refractivity contribution < 1.29 is 38.2 Å². The number of amides is 5. The number of nitrogens with one attached hydrogen (secondary N) is 2. The molecule has 75 heavy (non-hydrogen) atoms. The first kappa shape index (κ1) is 54.1. The molecule has 0 saturated carbocycles. The number of likely N-dealkylation sites (N-methyl/N-ethyl adjacent to an activating group) is 1. The number of esters is 1. The van der Waals surface area contributed by atoms with Crippen molar-refractivity contribution in [2.24, 2.45) is 16.7 Å². The summed E-state index contributed by atoms with van der Waals surface area (Å²) in [5.74, 6) is -1.01. The minimum Gasteiger partial charge on any atom is -0.465 e. The Balaban J connectivity index is 0.985. The number of benzene rings is 1. The third-order valence-corrected chi connectivity index (χ3v) is 17.8. The Hall–Kier alpha value is -5.66. The zero-order valence-electron chi connectivity index (χ0n) is 45.3. The second kappa shape index (κ2) is 22.1. The number of ether oxygens (including phenoxy) is 3. The maximum atomic E-state index is 15.3. The van der Waals surface area contributed by atoms with Gasteiger partial charge in [-0.25, -0.2) is 4.79 Å². The van der Waals surface area contributed by atoms with Crippen LogP contribution < -0.4 is 10.4 Å². The molecule has 17 nitrogen and oxygen atoms in total. The van der Waals surface area contributed by atoms with Crippen LogP contribution in [0.4, 0.5) is 4.79 Å². The second-order valence-electron chi connectivity index (χ2n) is 22.8. The topological polar surface area (TPSA) is 171 Å². The molecule has 9 rings (SSSR count). The van der Waals surface area contributed by atoms with Crippen LogP contribution in [-0.4, -0.2) is 159 Å². The lowest BCUT2D eigenvalue weighted by Crippen LogP contribution is -2.57. The van der Waals surface area contributed by atoms with E-state index in [0.29, 0.717) is 89.9 Å². The normalized spacial score (nSPS) is 24.8. The Morgan fingerprint density at radius 2 is 1.84 bits per heavy atom. The SMILES string of the molecule is C=CC(=O)N1COC2(CCN(C(=O)N(C)[C@H](C(=O)NC3=CCC4(C3)CN3CCC=C(C3)c3ccc5c(c3)c(c(-c3cccnc3[C@H](C)OC)n5CC)CC(C)(C)COC(=O)[C@@H]3CCCN(N[Si]3)C4=O)C(C)C)CC2)C1. The van der Waals surface area contributed by atoms with Crippen LogP contribution >= 0.6 is 0 Å². The van der Waals surface area contributed by atoms with Crippen molar-refractivity contribution in [1.82, 2.24) is 44.6 Å². The van der Waals surface area contributed by atoms with Gasteiger partial charge in [0.2, 0.25) is 17.7 Å². The molecule has 2 unspecified atom stereocenters. The average molecular weight is 1040 g/mol. The van der Waals surface area contributed by atoms with Crippen LogP contribution in [0.1, 0.15) is 109 Å². The molecule has 1 aromatic carbocycles. The monoisotopic (exact) mass is 1040 g/mol. The smallest absolute Gasteiger partial charge is 0.320 e. The van der Waals surface area contributed by atoms with E-state index in [1.54, 1.807) is 33.9 Å². The van der Waals surface area contributed by atoms with Crippen molar-refractivity contribution in [3.05, 3.63) is 83.9 Å². The number of aryl methyl sites for hydroxylation is 1. The Morgan fingerprint density at radius 3 is 2.57 bits per heavy atom. The first-order valence-corrected chi connectivity index (χ1v) is 28.1. The Kier molecular flexibility index (Phi) is 16.0. The summed E-state index contributed by atoms with van der Waals surface area (Å²) in [6, 6.07) is 9.88. The van der Waals surface area contributed by atoms with Gasteiger partial charge in [0.1, 0.15) is 12.8 Å². The maximum Gasteiger partial charge on any atom is 0.320 e. The highest BCUT2D eigenvalue weighted by atomic mass is 28.2. The average Bonchev–Trinajstić information content (AvgIpc) is 4.03. The molecule has 6 bridgehead atoms. The molecular weight excluding hydrogens is 967 g/mol. The van der Waals surface area contributed by atoms with E-state index in [0.717, 1.165) is 52.9 Å². The molecule has 3 aromatic rings. The van der Waals surface area contributed by atoms with E-state index >= 15 is 4.79 Å². The fourth-order valence-electron chi connectivity index (χ4n) is 12.4. The number of rotatable bonds is 9. The zero-order valence-corrected chi connectivity index (χ0v) is 46.3. The summed E-state index contributed by atoms with van der Waals surface area (Å²) in [5.41, 5.74) is 5.97. The summed E-state index contributed by atoms with van der Waals surface area (Å²) in [7, 11) is 3.34. The van der Waals surface area contributed by atoms with Crippen LogP contribution in [0.15, 0.2) is 67.0 Å². The molecular formula is C57H77N9O8Si. The lowest BCUT2D eigenvalue weighted by Gasteiger charge is -2.41. The number of methoxy groups -OCH3 is 1. The summed E-state index contributed by atoms with van der Waals surface area (Å²) in [5, 5.41) is 9.51. The number of fused-ring (bicyclic) bond motifs is 7. The summed E-state index contributed by atoms with van der Waals surface area (Å²) in [6.07, 6.45) is 11.7. The molecule has 6 aliphatic rings. The first-order chi connectivity index (χ1) is 35.9. The van der Waals surface area contributed by atoms with Gasteiger partial charge in [-0.3, -0.25) is 39.2 Å². The van der Waals surface area contributed by atoms with Crippen LogP contribution in [0.2, 0.25) is 5.54 Å². The molecule has 3 saturated heterocycles. The van der Waals surface area contributed by atoms with E-state index in [4.69, 9.17) is 19.2 Å². The molecule has 2 radical (unpaired) electrons. The number of carbonyl (C=O) groups excluding carboxylic acids is 5. The zero-order chi connectivity index (χ0) is 53.4. The maximum absolute atomic E-state index is 15.3. The van der Waals surface area contributed by atoms with Gasteiger partial charge >= 0.3 is 12.0 Å². The predicted octanol–water partition coefficient (Wildman–Crippen LogP) is 6.87. The highest BCUT2D eigenvalue weighted by Gasteiger charge is 2.48. The second-order valence-corrected chi connectivity index (χ2v) is 24.1. The molecule has 3 fully saturated rings. The third kappa shape index (κ3) is 11.0. The van der Waals surface area contributed by atoms with Gasteiger partial charge in [-0.1, -0.05) is 52.5 Å². The number of urea groups is 1.